The average Bonchev–Trinajstić information content (AvgIpc) is 3.01. The van der Waals surface area contributed by atoms with Crippen molar-refractivity contribution in [2.24, 2.45) is 0 Å². The third-order valence-corrected chi connectivity index (χ3v) is 4.67. The van der Waals surface area contributed by atoms with E-state index >= 15 is 0 Å². The van der Waals surface area contributed by atoms with Crippen molar-refractivity contribution in [3.63, 3.8) is 0 Å². The summed E-state index contributed by atoms with van der Waals surface area (Å²) in [5, 5.41) is 4.95. The van der Waals surface area contributed by atoms with Crippen molar-refractivity contribution >= 4 is 33.2 Å². The third-order valence-electron chi connectivity index (χ3n) is 3.16. The molecule has 0 saturated heterocycles. The van der Waals surface area contributed by atoms with Gasteiger partial charge in [-0.3, -0.25) is 4.79 Å². The van der Waals surface area contributed by atoms with Crippen LogP contribution in [0.4, 0.5) is 0 Å². The lowest BCUT2D eigenvalue weighted by molar-refractivity contribution is 0.0950. The summed E-state index contributed by atoms with van der Waals surface area (Å²) in [5.41, 5.74) is 2.06. The highest BCUT2D eigenvalue weighted by Crippen LogP contribution is 2.40. The van der Waals surface area contributed by atoms with Crippen LogP contribution in [0.1, 0.15) is 28.3 Å². The molecule has 1 saturated carbocycles. The second kappa shape index (κ2) is 4.86. The van der Waals surface area contributed by atoms with E-state index in [2.05, 4.69) is 33.4 Å². The molecule has 2 aromatic rings. The number of benzene rings is 1. The number of nitrogens with one attached hydrogen (secondary N) is 1. The summed E-state index contributed by atoms with van der Waals surface area (Å²) in [5.74, 6) is 0.512. The summed E-state index contributed by atoms with van der Waals surface area (Å²) in [4.78, 5) is 12.0. The number of amides is 1. The molecular formula is C14H12BrNOS. The van der Waals surface area contributed by atoms with Gasteiger partial charge in [-0.05, 0) is 34.0 Å². The van der Waals surface area contributed by atoms with Crippen molar-refractivity contribution in [1.82, 2.24) is 5.32 Å². The van der Waals surface area contributed by atoms with Crippen LogP contribution in [0.2, 0.25) is 0 Å². The molecule has 1 N–H and O–H groups in total. The van der Waals surface area contributed by atoms with Gasteiger partial charge in [-0.25, -0.2) is 0 Å². The van der Waals surface area contributed by atoms with Gasteiger partial charge in [0, 0.05) is 17.3 Å². The SMILES string of the molecule is O=C(NC1CC1c1ccccc1)c1csc(Br)c1. The van der Waals surface area contributed by atoms with Crippen molar-refractivity contribution < 1.29 is 4.79 Å². The molecule has 1 aromatic carbocycles. The highest BCUT2D eigenvalue weighted by molar-refractivity contribution is 9.11. The van der Waals surface area contributed by atoms with Crippen LogP contribution in [0.25, 0.3) is 0 Å². The summed E-state index contributed by atoms with van der Waals surface area (Å²) in [6.07, 6.45) is 1.04. The lowest BCUT2D eigenvalue weighted by Crippen LogP contribution is -2.26. The summed E-state index contributed by atoms with van der Waals surface area (Å²) < 4.78 is 0.989. The van der Waals surface area contributed by atoms with Gasteiger partial charge in [0.1, 0.15) is 0 Å². The molecule has 2 atom stereocenters. The van der Waals surface area contributed by atoms with E-state index in [1.807, 2.05) is 29.6 Å². The molecule has 1 aliphatic carbocycles. The zero-order chi connectivity index (χ0) is 12.5. The monoisotopic (exact) mass is 321 g/mol. The molecule has 0 spiro atoms. The van der Waals surface area contributed by atoms with Crippen LogP contribution in [0.15, 0.2) is 45.6 Å². The first-order valence-electron chi connectivity index (χ1n) is 5.84. The molecule has 0 bridgehead atoms. The molecule has 18 heavy (non-hydrogen) atoms. The van der Waals surface area contributed by atoms with Crippen LogP contribution in [0, 0.1) is 0 Å². The third kappa shape index (κ3) is 2.49. The molecule has 3 rings (SSSR count). The first-order chi connectivity index (χ1) is 8.74. The van der Waals surface area contributed by atoms with E-state index in [1.54, 1.807) is 0 Å². The number of hydrogen-bond acceptors (Lipinski definition) is 2. The molecule has 1 aliphatic rings. The van der Waals surface area contributed by atoms with Gasteiger partial charge in [-0.15, -0.1) is 11.3 Å². The van der Waals surface area contributed by atoms with Gasteiger partial charge < -0.3 is 5.32 Å². The second-order valence-corrected chi connectivity index (χ2v) is 6.76. The molecule has 4 heteroatoms. The van der Waals surface area contributed by atoms with Crippen LogP contribution in [-0.4, -0.2) is 11.9 Å². The highest BCUT2D eigenvalue weighted by Gasteiger charge is 2.39. The molecule has 1 aromatic heterocycles. The number of hydrogen-bond donors (Lipinski definition) is 1. The molecule has 0 aliphatic heterocycles. The van der Waals surface area contributed by atoms with E-state index in [-0.39, 0.29) is 5.91 Å². The van der Waals surface area contributed by atoms with Crippen molar-refractivity contribution in [2.45, 2.75) is 18.4 Å². The Balaban J connectivity index is 1.62. The van der Waals surface area contributed by atoms with Gasteiger partial charge in [0.05, 0.1) is 9.35 Å². The molecule has 1 amide bonds. The minimum Gasteiger partial charge on any atom is -0.349 e. The Morgan fingerprint density at radius 2 is 2.11 bits per heavy atom. The van der Waals surface area contributed by atoms with E-state index in [4.69, 9.17) is 0 Å². The first-order valence-corrected chi connectivity index (χ1v) is 7.51. The Morgan fingerprint density at radius 3 is 2.78 bits per heavy atom. The minimum atomic E-state index is 0.0281. The second-order valence-electron chi connectivity index (χ2n) is 4.47. The Hall–Kier alpha value is -1.13. The van der Waals surface area contributed by atoms with Crippen LogP contribution in [0.3, 0.4) is 0 Å². The molecule has 2 unspecified atom stereocenters. The quantitative estimate of drug-likeness (QED) is 0.915. The maximum Gasteiger partial charge on any atom is 0.252 e. The summed E-state index contributed by atoms with van der Waals surface area (Å²) in [7, 11) is 0. The average molecular weight is 322 g/mol. The van der Waals surface area contributed by atoms with Gasteiger partial charge in [-0.2, -0.15) is 0 Å². The van der Waals surface area contributed by atoms with Gasteiger partial charge in [0.15, 0.2) is 0 Å². The van der Waals surface area contributed by atoms with Crippen LogP contribution >= 0.6 is 27.3 Å². The van der Waals surface area contributed by atoms with Crippen LogP contribution in [0.5, 0.6) is 0 Å². The van der Waals surface area contributed by atoms with E-state index in [9.17, 15) is 4.79 Å². The minimum absolute atomic E-state index is 0.0281. The topological polar surface area (TPSA) is 29.1 Å². The molecule has 0 radical (unpaired) electrons. The zero-order valence-corrected chi connectivity index (χ0v) is 12.0. The van der Waals surface area contributed by atoms with E-state index in [1.165, 1.54) is 16.9 Å². The van der Waals surface area contributed by atoms with Crippen molar-refractivity contribution in [2.75, 3.05) is 0 Å². The van der Waals surface area contributed by atoms with Crippen molar-refractivity contribution in [3.05, 3.63) is 56.7 Å². The Labute approximate surface area is 118 Å². The summed E-state index contributed by atoms with van der Waals surface area (Å²) in [6, 6.07) is 12.5. The Bertz CT molecular complexity index is 566. The largest absolute Gasteiger partial charge is 0.349 e. The lowest BCUT2D eigenvalue weighted by Gasteiger charge is -2.03. The highest BCUT2D eigenvalue weighted by atomic mass is 79.9. The fraction of sp³-hybridized carbons (Fsp3) is 0.214. The predicted octanol–water partition coefficient (Wildman–Crippen LogP) is 3.80. The summed E-state index contributed by atoms with van der Waals surface area (Å²) >= 11 is 4.90. The summed E-state index contributed by atoms with van der Waals surface area (Å²) in [6.45, 7) is 0. The van der Waals surface area contributed by atoms with Crippen molar-refractivity contribution in [3.8, 4) is 0 Å². The number of thiophene rings is 1. The van der Waals surface area contributed by atoms with Crippen molar-refractivity contribution in [1.29, 1.82) is 0 Å². The molecule has 92 valence electrons. The van der Waals surface area contributed by atoms with Gasteiger partial charge >= 0.3 is 0 Å². The number of halogens is 1. The zero-order valence-electron chi connectivity index (χ0n) is 9.60. The fourth-order valence-corrected chi connectivity index (χ4v) is 3.24. The lowest BCUT2D eigenvalue weighted by atomic mass is 10.1. The Kier molecular flexibility index (Phi) is 3.22. The first kappa shape index (κ1) is 11.9. The fourth-order valence-electron chi connectivity index (χ4n) is 2.10. The maximum atomic E-state index is 12.0. The normalized spacial score (nSPS) is 21.6. The number of rotatable bonds is 3. The predicted molar refractivity (Wildman–Crippen MR) is 77.1 cm³/mol. The van der Waals surface area contributed by atoms with E-state index < -0.39 is 0 Å². The van der Waals surface area contributed by atoms with Gasteiger partial charge in [0.2, 0.25) is 0 Å². The van der Waals surface area contributed by atoms with Gasteiger partial charge in [0.25, 0.3) is 5.91 Å². The molecular weight excluding hydrogens is 310 g/mol. The number of carbonyl (C=O) groups excluding carboxylic acids is 1. The molecule has 1 fully saturated rings. The van der Waals surface area contributed by atoms with Gasteiger partial charge in [-0.1, -0.05) is 30.3 Å². The van der Waals surface area contributed by atoms with E-state index in [0.29, 0.717) is 12.0 Å². The van der Waals surface area contributed by atoms with Crippen LogP contribution in [-0.2, 0) is 0 Å². The maximum absolute atomic E-state index is 12.0. The van der Waals surface area contributed by atoms with E-state index in [0.717, 1.165) is 15.8 Å². The standard InChI is InChI=1S/C14H12BrNOS/c15-13-6-10(8-18-13)14(17)16-12-7-11(12)9-4-2-1-3-5-9/h1-6,8,11-12H,7H2,(H,16,17). The smallest absolute Gasteiger partial charge is 0.252 e. The molecule has 1 heterocycles. The van der Waals surface area contributed by atoms with Crippen LogP contribution < -0.4 is 5.32 Å². The number of carbonyl (C=O) groups is 1. The Morgan fingerprint density at radius 1 is 1.33 bits per heavy atom. The molecule has 2 nitrogen and oxygen atoms in total.